The van der Waals surface area contributed by atoms with Gasteiger partial charge in [-0.05, 0) is 30.5 Å². The normalized spacial score (nSPS) is 11.8. The first-order chi connectivity index (χ1) is 13.5. The molecule has 0 aliphatic carbocycles. The molecule has 1 atom stereocenters. The number of anilines is 1. The molecule has 0 saturated heterocycles. The summed E-state index contributed by atoms with van der Waals surface area (Å²) in [5, 5.41) is 24.4. The molecule has 3 N–H and O–H groups in total. The molecule has 0 aliphatic rings. The highest BCUT2D eigenvalue weighted by Gasteiger charge is 2.23. The number of amides is 2. The number of benzene rings is 1. The third-order valence-corrected chi connectivity index (χ3v) is 3.72. The molecule has 3 aromatic rings. The maximum Gasteiger partial charge on any atom is 0.319 e. The molecule has 0 spiro atoms. The number of rotatable bonds is 6. The van der Waals surface area contributed by atoms with Crippen LogP contribution in [0.4, 0.5) is 14.9 Å². The van der Waals surface area contributed by atoms with Crippen molar-refractivity contribution in [3.05, 3.63) is 41.8 Å². The molecule has 0 aliphatic heterocycles. The van der Waals surface area contributed by atoms with E-state index in [2.05, 4.69) is 36.0 Å². The van der Waals surface area contributed by atoms with Gasteiger partial charge in [-0.2, -0.15) is 15.3 Å². The standard InChI is InChI=1S/C17H17FN8O2/c1-9(2)5-13(16-24-15(26-28-16)14-20-8-21-25-14)23-17(27)22-11-3-4-12(18)10(6-11)7-19/h3-4,6,8-9,13H,5H2,1-2H3,(H,20,21,25)(H2,22,23,27)/t13-/m0/s1. The van der Waals surface area contributed by atoms with Crippen molar-refractivity contribution in [2.75, 3.05) is 5.32 Å². The number of carbonyl (C=O) groups excluding carboxylic acids is 1. The molecule has 0 bridgehead atoms. The lowest BCUT2D eigenvalue weighted by atomic mass is 10.0. The van der Waals surface area contributed by atoms with Crippen LogP contribution in [-0.4, -0.2) is 31.4 Å². The highest BCUT2D eigenvalue weighted by molar-refractivity contribution is 5.89. The van der Waals surface area contributed by atoms with Gasteiger partial charge in [-0.1, -0.05) is 19.0 Å². The summed E-state index contributed by atoms with van der Waals surface area (Å²) in [6.07, 6.45) is 1.86. The minimum absolute atomic E-state index is 0.162. The second-order valence-electron chi connectivity index (χ2n) is 6.38. The quantitative estimate of drug-likeness (QED) is 0.592. The number of urea groups is 1. The minimum Gasteiger partial charge on any atom is -0.337 e. The second kappa shape index (κ2) is 8.26. The van der Waals surface area contributed by atoms with E-state index in [0.717, 1.165) is 6.07 Å². The summed E-state index contributed by atoms with van der Waals surface area (Å²) >= 11 is 0. The lowest BCUT2D eigenvalue weighted by Crippen LogP contribution is -2.33. The maximum absolute atomic E-state index is 13.4. The molecule has 0 saturated carbocycles. The van der Waals surface area contributed by atoms with Crippen molar-refractivity contribution in [2.45, 2.75) is 26.3 Å². The van der Waals surface area contributed by atoms with Gasteiger partial charge in [0.05, 0.1) is 5.56 Å². The topological polar surface area (TPSA) is 145 Å². The maximum atomic E-state index is 13.4. The molecule has 2 amide bonds. The van der Waals surface area contributed by atoms with E-state index in [9.17, 15) is 9.18 Å². The average molecular weight is 384 g/mol. The fraction of sp³-hybridized carbons (Fsp3) is 0.294. The zero-order valence-electron chi connectivity index (χ0n) is 15.1. The van der Waals surface area contributed by atoms with E-state index in [1.54, 1.807) is 6.07 Å². The number of nitrogens with zero attached hydrogens (tertiary/aromatic N) is 5. The van der Waals surface area contributed by atoms with Gasteiger partial charge in [0.1, 0.15) is 24.3 Å². The van der Waals surface area contributed by atoms with Crippen molar-refractivity contribution in [3.8, 4) is 17.7 Å². The highest BCUT2D eigenvalue weighted by atomic mass is 19.1. The molecule has 144 valence electrons. The van der Waals surface area contributed by atoms with Gasteiger partial charge in [0, 0.05) is 5.69 Å². The van der Waals surface area contributed by atoms with Crippen molar-refractivity contribution in [3.63, 3.8) is 0 Å². The molecule has 1 aromatic carbocycles. The molecule has 28 heavy (non-hydrogen) atoms. The second-order valence-corrected chi connectivity index (χ2v) is 6.38. The number of H-pyrrole nitrogens is 1. The summed E-state index contributed by atoms with van der Waals surface area (Å²) in [4.78, 5) is 20.6. The number of hydrogen-bond donors (Lipinski definition) is 3. The first-order valence-electron chi connectivity index (χ1n) is 8.42. The van der Waals surface area contributed by atoms with Gasteiger partial charge in [0.25, 0.3) is 0 Å². The number of hydrogen-bond acceptors (Lipinski definition) is 7. The molecule has 11 heteroatoms. The van der Waals surface area contributed by atoms with Crippen molar-refractivity contribution in [1.29, 1.82) is 5.26 Å². The Morgan fingerprint density at radius 3 is 2.93 bits per heavy atom. The molecule has 0 fully saturated rings. The molecular formula is C17H17FN8O2. The molecule has 0 unspecified atom stereocenters. The zero-order chi connectivity index (χ0) is 20.1. The van der Waals surface area contributed by atoms with Crippen LogP contribution in [0.2, 0.25) is 0 Å². The van der Waals surface area contributed by atoms with Crippen molar-refractivity contribution in [2.24, 2.45) is 5.92 Å². The summed E-state index contributed by atoms with van der Waals surface area (Å²) in [5.41, 5.74) is 0.122. The lowest BCUT2D eigenvalue weighted by Gasteiger charge is -2.17. The SMILES string of the molecule is CC(C)C[C@H](NC(=O)Nc1ccc(F)c(C#N)c1)c1nc(-c2ncn[nH]2)no1. The van der Waals surface area contributed by atoms with Crippen LogP contribution < -0.4 is 10.6 Å². The Morgan fingerprint density at radius 2 is 2.25 bits per heavy atom. The van der Waals surface area contributed by atoms with Crippen molar-refractivity contribution < 1.29 is 13.7 Å². The number of aromatic nitrogens is 5. The average Bonchev–Trinajstić information content (AvgIpc) is 3.33. The van der Waals surface area contributed by atoms with Crippen molar-refractivity contribution >= 4 is 11.7 Å². The smallest absolute Gasteiger partial charge is 0.319 e. The molecule has 0 radical (unpaired) electrons. The summed E-state index contributed by atoms with van der Waals surface area (Å²) < 4.78 is 18.7. The van der Waals surface area contributed by atoms with Crippen LogP contribution in [0.5, 0.6) is 0 Å². The Hall–Kier alpha value is -3.81. The van der Waals surface area contributed by atoms with Crippen LogP contribution in [0.1, 0.15) is 37.8 Å². The van der Waals surface area contributed by atoms with E-state index in [-0.39, 0.29) is 28.9 Å². The number of carbonyl (C=O) groups is 1. The van der Waals surface area contributed by atoms with E-state index >= 15 is 0 Å². The molecule has 3 rings (SSSR count). The lowest BCUT2D eigenvalue weighted by molar-refractivity contribution is 0.240. The summed E-state index contributed by atoms with van der Waals surface area (Å²) in [5.74, 6) is 0.352. The van der Waals surface area contributed by atoms with Gasteiger partial charge in [0.2, 0.25) is 11.7 Å². The molecule has 10 nitrogen and oxygen atoms in total. The number of aromatic amines is 1. The Labute approximate surface area is 159 Å². The van der Waals surface area contributed by atoms with Crippen LogP contribution in [0.15, 0.2) is 29.0 Å². The fourth-order valence-electron chi connectivity index (χ4n) is 2.49. The summed E-state index contributed by atoms with van der Waals surface area (Å²) in [7, 11) is 0. The Kier molecular flexibility index (Phi) is 5.59. The zero-order valence-corrected chi connectivity index (χ0v) is 15.1. The predicted molar refractivity (Wildman–Crippen MR) is 95.1 cm³/mol. The van der Waals surface area contributed by atoms with Gasteiger partial charge >= 0.3 is 6.03 Å². The number of nitrogens with one attached hydrogen (secondary N) is 3. The highest BCUT2D eigenvalue weighted by Crippen LogP contribution is 2.22. The third-order valence-electron chi connectivity index (χ3n) is 3.72. The Morgan fingerprint density at radius 1 is 1.43 bits per heavy atom. The first kappa shape index (κ1) is 19.0. The van der Waals surface area contributed by atoms with E-state index in [4.69, 9.17) is 9.78 Å². The summed E-state index contributed by atoms with van der Waals surface area (Å²) in [6, 6.07) is 4.34. The predicted octanol–water partition coefficient (Wildman–Crippen LogP) is 2.77. The van der Waals surface area contributed by atoms with Gasteiger partial charge in [-0.15, -0.1) is 0 Å². The summed E-state index contributed by atoms with van der Waals surface area (Å²) in [6.45, 7) is 3.97. The van der Waals surface area contributed by atoms with Crippen LogP contribution in [0.3, 0.4) is 0 Å². The largest absolute Gasteiger partial charge is 0.337 e. The minimum atomic E-state index is -0.656. The van der Waals surface area contributed by atoms with Crippen LogP contribution in [0, 0.1) is 23.1 Å². The van der Waals surface area contributed by atoms with Gasteiger partial charge < -0.3 is 15.2 Å². The Bertz CT molecular complexity index is 993. The van der Waals surface area contributed by atoms with Gasteiger partial charge in [0.15, 0.2) is 5.82 Å². The number of nitriles is 1. The van der Waals surface area contributed by atoms with Crippen LogP contribution in [0.25, 0.3) is 11.6 Å². The van der Waals surface area contributed by atoms with E-state index < -0.39 is 17.9 Å². The monoisotopic (exact) mass is 384 g/mol. The van der Waals surface area contributed by atoms with E-state index in [1.165, 1.54) is 18.5 Å². The molecule has 2 heterocycles. The van der Waals surface area contributed by atoms with Crippen LogP contribution >= 0.6 is 0 Å². The van der Waals surface area contributed by atoms with Gasteiger partial charge in [-0.3, -0.25) is 5.10 Å². The van der Waals surface area contributed by atoms with E-state index in [0.29, 0.717) is 12.2 Å². The Balaban J connectivity index is 1.74. The third kappa shape index (κ3) is 4.47. The first-order valence-corrected chi connectivity index (χ1v) is 8.42. The molecular weight excluding hydrogens is 367 g/mol. The van der Waals surface area contributed by atoms with Crippen molar-refractivity contribution in [1.82, 2.24) is 30.6 Å². The van der Waals surface area contributed by atoms with Gasteiger partial charge in [-0.25, -0.2) is 14.2 Å². The fourth-order valence-corrected chi connectivity index (χ4v) is 2.49. The van der Waals surface area contributed by atoms with Crippen LogP contribution in [-0.2, 0) is 0 Å². The number of halogens is 1. The van der Waals surface area contributed by atoms with E-state index in [1.807, 2.05) is 13.8 Å². The molecule has 2 aromatic heterocycles.